The molecule has 0 radical (unpaired) electrons. The third kappa shape index (κ3) is 4.57. The summed E-state index contributed by atoms with van der Waals surface area (Å²) in [5.74, 6) is -1.00. The van der Waals surface area contributed by atoms with E-state index in [-0.39, 0.29) is 6.10 Å². The maximum absolute atomic E-state index is 10.5. The SMILES string of the molecule is CC(O)CCCC(C)(Cl)C(=O)O. The van der Waals surface area contributed by atoms with Crippen molar-refractivity contribution >= 4 is 17.6 Å². The molecule has 0 spiro atoms. The molecule has 2 atom stereocenters. The molecule has 0 aromatic rings. The van der Waals surface area contributed by atoms with Crippen LogP contribution in [0.3, 0.4) is 0 Å². The van der Waals surface area contributed by atoms with Crippen molar-refractivity contribution in [3.05, 3.63) is 0 Å². The molecule has 0 aromatic carbocycles. The van der Waals surface area contributed by atoms with Gasteiger partial charge in [0.25, 0.3) is 0 Å². The van der Waals surface area contributed by atoms with Crippen LogP contribution in [-0.4, -0.2) is 27.2 Å². The minimum Gasteiger partial charge on any atom is -0.480 e. The number of rotatable bonds is 5. The zero-order valence-electron chi connectivity index (χ0n) is 7.38. The smallest absolute Gasteiger partial charge is 0.324 e. The number of carboxylic acid groups (broad SMARTS) is 1. The molecule has 12 heavy (non-hydrogen) atoms. The van der Waals surface area contributed by atoms with E-state index in [0.29, 0.717) is 19.3 Å². The van der Waals surface area contributed by atoms with Crippen LogP contribution in [0.25, 0.3) is 0 Å². The molecule has 4 heteroatoms. The van der Waals surface area contributed by atoms with Gasteiger partial charge in [0.15, 0.2) is 0 Å². The second-order valence-electron chi connectivity index (χ2n) is 3.24. The lowest BCUT2D eigenvalue weighted by Crippen LogP contribution is -2.28. The summed E-state index contributed by atoms with van der Waals surface area (Å²) >= 11 is 5.67. The third-order valence-electron chi connectivity index (χ3n) is 1.71. The minimum atomic E-state index is -1.19. The predicted octanol–water partition coefficient (Wildman–Crippen LogP) is 1.62. The second kappa shape index (κ2) is 4.67. The lowest BCUT2D eigenvalue weighted by atomic mass is 10.0. The molecule has 0 saturated heterocycles. The van der Waals surface area contributed by atoms with Gasteiger partial charge in [0.05, 0.1) is 6.10 Å². The van der Waals surface area contributed by atoms with Gasteiger partial charge in [-0.1, -0.05) is 0 Å². The van der Waals surface area contributed by atoms with E-state index in [1.807, 2.05) is 0 Å². The van der Waals surface area contributed by atoms with Gasteiger partial charge in [0.1, 0.15) is 4.87 Å². The van der Waals surface area contributed by atoms with E-state index in [4.69, 9.17) is 21.8 Å². The molecule has 2 N–H and O–H groups in total. The van der Waals surface area contributed by atoms with E-state index in [9.17, 15) is 4.79 Å². The van der Waals surface area contributed by atoms with Gasteiger partial charge in [-0.2, -0.15) is 0 Å². The lowest BCUT2D eigenvalue weighted by molar-refractivity contribution is -0.139. The molecule has 0 aromatic heterocycles. The monoisotopic (exact) mass is 194 g/mol. The highest BCUT2D eigenvalue weighted by Gasteiger charge is 2.29. The Hall–Kier alpha value is -0.280. The summed E-state index contributed by atoms with van der Waals surface area (Å²) in [6.07, 6.45) is 1.22. The molecule has 0 aliphatic carbocycles. The van der Waals surface area contributed by atoms with E-state index in [1.54, 1.807) is 6.92 Å². The Kier molecular flexibility index (Phi) is 4.57. The molecule has 0 fully saturated rings. The topological polar surface area (TPSA) is 57.5 Å². The molecule has 2 unspecified atom stereocenters. The minimum absolute atomic E-state index is 0.383. The van der Waals surface area contributed by atoms with Gasteiger partial charge in [-0.05, 0) is 33.1 Å². The number of halogens is 1. The van der Waals surface area contributed by atoms with Crippen molar-refractivity contribution in [3.8, 4) is 0 Å². The van der Waals surface area contributed by atoms with Gasteiger partial charge < -0.3 is 10.2 Å². The Morgan fingerprint density at radius 2 is 2.17 bits per heavy atom. The predicted molar refractivity (Wildman–Crippen MR) is 47.4 cm³/mol. The van der Waals surface area contributed by atoms with Crippen LogP contribution in [-0.2, 0) is 4.79 Å². The summed E-state index contributed by atoms with van der Waals surface area (Å²) in [5, 5.41) is 17.5. The first-order chi connectivity index (χ1) is 5.36. The Balaban J connectivity index is 3.69. The fourth-order valence-electron chi connectivity index (χ4n) is 0.836. The number of aliphatic hydroxyl groups is 1. The van der Waals surface area contributed by atoms with Crippen LogP contribution in [0.1, 0.15) is 33.1 Å². The third-order valence-corrected chi connectivity index (χ3v) is 2.06. The molecule has 0 amide bonds. The van der Waals surface area contributed by atoms with Gasteiger partial charge >= 0.3 is 5.97 Å². The van der Waals surface area contributed by atoms with Crippen molar-refractivity contribution in [2.45, 2.75) is 44.1 Å². The van der Waals surface area contributed by atoms with Gasteiger partial charge in [0, 0.05) is 0 Å². The average Bonchev–Trinajstić information content (AvgIpc) is 1.85. The normalized spacial score (nSPS) is 18.3. The fourth-order valence-corrected chi connectivity index (χ4v) is 0.970. The van der Waals surface area contributed by atoms with Crippen LogP contribution in [0.4, 0.5) is 0 Å². The van der Waals surface area contributed by atoms with E-state index >= 15 is 0 Å². The number of alkyl halides is 1. The lowest BCUT2D eigenvalue weighted by Gasteiger charge is -2.16. The van der Waals surface area contributed by atoms with Gasteiger partial charge in [-0.25, -0.2) is 0 Å². The number of carboxylic acids is 1. The highest BCUT2D eigenvalue weighted by Crippen LogP contribution is 2.22. The zero-order chi connectivity index (χ0) is 9.78. The van der Waals surface area contributed by atoms with Crippen LogP contribution in [0.2, 0.25) is 0 Å². The Labute approximate surface area is 77.3 Å². The van der Waals surface area contributed by atoms with Crippen molar-refractivity contribution in [3.63, 3.8) is 0 Å². The van der Waals surface area contributed by atoms with E-state index < -0.39 is 10.8 Å². The van der Waals surface area contributed by atoms with Gasteiger partial charge in [-0.3, -0.25) is 4.79 Å². The van der Waals surface area contributed by atoms with Gasteiger partial charge in [0.2, 0.25) is 0 Å². The molecule has 0 bridgehead atoms. The Morgan fingerprint density at radius 3 is 2.50 bits per heavy atom. The quantitative estimate of drug-likeness (QED) is 0.654. The standard InChI is InChI=1S/C8H15ClO3/c1-6(10)4-3-5-8(2,9)7(11)12/h6,10H,3-5H2,1-2H3,(H,11,12). The molecule has 0 saturated carbocycles. The number of aliphatic carboxylic acids is 1. The van der Waals surface area contributed by atoms with E-state index in [1.165, 1.54) is 6.92 Å². The maximum atomic E-state index is 10.5. The van der Waals surface area contributed by atoms with Crippen molar-refractivity contribution in [2.24, 2.45) is 0 Å². The van der Waals surface area contributed by atoms with Crippen LogP contribution in [0.5, 0.6) is 0 Å². The molecule has 0 rings (SSSR count). The molecule has 0 aliphatic rings. The maximum Gasteiger partial charge on any atom is 0.324 e. The van der Waals surface area contributed by atoms with Crippen LogP contribution < -0.4 is 0 Å². The summed E-state index contributed by atoms with van der Waals surface area (Å²) < 4.78 is 0. The average molecular weight is 195 g/mol. The van der Waals surface area contributed by atoms with Crippen LogP contribution >= 0.6 is 11.6 Å². The number of carbonyl (C=O) groups is 1. The van der Waals surface area contributed by atoms with E-state index in [0.717, 1.165) is 0 Å². The summed E-state index contributed by atoms with van der Waals surface area (Å²) in [6, 6.07) is 0. The summed E-state index contributed by atoms with van der Waals surface area (Å²) in [6.45, 7) is 3.14. The highest BCUT2D eigenvalue weighted by molar-refractivity contribution is 6.33. The summed E-state index contributed by atoms with van der Waals surface area (Å²) in [7, 11) is 0. The van der Waals surface area contributed by atoms with Crippen molar-refractivity contribution in [2.75, 3.05) is 0 Å². The highest BCUT2D eigenvalue weighted by atomic mass is 35.5. The van der Waals surface area contributed by atoms with Crippen molar-refractivity contribution < 1.29 is 15.0 Å². The number of hydrogen-bond donors (Lipinski definition) is 2. The molecule has 0 heterocycles. The molecule has 72 valence electrons. The number of aliphatic hydroxyl groups excluding tert-OH is 1. The fraction of sp³-hybridized carbons (Fsp3) is 0.875. The van der Waals surface area contributed by atoms with E-state index in [2.05, 4.69) is 0 Å². The Bertz CT molecular complexity index is 154. The molecular formula is C8H15ClO3. The molecule has 3 nitrogen and oxygen atoms in total. The molecular weight excluding hydrogens is 180 g/mol. The first-order valence-electron chi connectivity index (χ1n) is 3.96. The number of hydrogen-bond acceptors (Lipinski definition) is 2. The van der Waals surface area contributed by atoms with Crippen LogP contribution in [0, 0.1) is 0 Å². The van der Waals surface area contributed by atoms with Crippen LogP contribution in [0.15, 0.2) is 0 Å². The molecule has 0 aliphatic heterocycles. The van der Waals surface area contributed by atoms with Crippen molar-refractivity contribution in [1.29, 1.82) is 0 Å². The first kappa shape index (κ1) is 11.7. The van der Waals surface area contributed by atoms with Gasteiger partial charge in [-0.15, -0.1) is 11.6 Å². The summed E-state index contributed by atoms with van der Waals surface area (Å²) in [5.41, 5.74) is 0. The summed E-state index contributed by atoms with van der Waals surface area (Å²) in [4.78, 5) is 9.32. The largest absolute Gasteiger partial charge is 0.480 e. The van der Waals surface area contributed by atoms with Crippen molar-refractivity contribution in [1.82, 2.24) is 0 Å². The first-order valence-corrected chi connectivity index (χ1v) is 4.34. The zero-order valence-corrected chi connectivity index (χ0v) is 8.14. The Morgan fingerprint density at radius 1 is 1.67 bits per heavy atom. The second-order valence-corrected chi connectivity index (χ2v) is 4.08.